The molecule has 6 nitrogen and oxygen atoms in total. The van der Waals surface area contributed by atoms with Crippen LogP contribution in [0.2, 0.25) is 0 Å². The first-order chi connectivity index (χ1) is 9.54. The summed E-state index contributed by atoms with van der Waals surface area (Å²) in [5.41, 5.74) is 12.1. The average Bonchev–Trinajstić information content (AvgIpc) is 2.38. The Balaban J connectivity index is 0.00000220. The van der Waals surface area contributed by atoms with Crippen LogP contribution in [0.25, 0.3) is 0 Å². The lowest BCUT2D eigenvalue weighted by Gasteiger charge is -2.25. The van der Waals surface area contributed by atoms with Gasteiger partial charge < -0.3 is 22.1 Å². The Morgan fingerprint density at radius 2 is 1.81 bits per heavy atom. The maximum Gasteiger partial charge on any atom is 0.316 e. The van der Waals surface area contributed by atoms with Gasteiger partial charge in [0.15, 0.2) is 0 Å². The summed E-state index contributed by atoms with van der Waals surface area (Å²) in [6.45, 7) is 0. The van der Waals surface area contributed by atoms with Crippen LogP contribution in [-0.4, -0.2) is 18.0 Å². The molecule has 0 spiro atoms. The molecule has 21 heavy (non-hydrogen) atoms. The molecule has 116 valence electrons. The summed E-state index contributed by atoms with van der Waals surface area (Å²) >= 11 is 0. The van der Waals surface area contributed by atoms with Crippen molar-refractivity contribution in [1.29, 1.82) is 0 Å². The highest BCUT2D eigenvalue weighted by Gasteiger charge is 2.25. The molecule has 0 bridgehead atoms. The number of amides is 3. The molecular formula is C14H21ClN4O2. The predicted molar refractivity (Wildman–Crippen MR) is 85.5 cm³/mol. The third-order valence-electron chi connectivity index (χ3n) is 3.48. The minimum absolute atomic E-state index is 0. The molecule has 1 aliphatic rings. The molecule has 2 unspecified atom stereocenters. The summed E-state index contributed by atoms with van der Waals surface area (Å²) in [5, 5.41) is 5.33. The number of benzene rings is 1. The van der Waals surface area contributed by atoms with Crippen LogP contribution < -0.4 is 22.1 Å². The fourth-order valence-corrected chi connectivity index (χ4v) is 2.53. The number of urea groups is 1. The van der Waals surface area contributed by atoms with Crippen molar-refractivity contribution in [3.63, 3.8) is 0 Å². The summed E-state index contributed by atoms with van der Waals surface area (Å²) in [5.74, 6) is -0.0529. The fourth-order valence-electron chi connectivity index (χ4n) is 2.53. The largest absolute Gasteiger partial charge is 0.351 e. The maximum absolute atomic E-state index is 12.2. The van der Waals surface area contributed by atoms with Gasteiger partial charge in [-0.1, -0.05) is 12.5 Å². The van der Waals surface area contributed by atoms with E-state index in [2.05, 4.69) is 10.6 Å². The van der Waals surface area contributed by atoms with E-state index in [1.54, 1.807) is 24.3 Å². The Bertz CT molecular complexity index is 510. The topological polar surface area (TPSA) is 110 Å². The highest BCUT2D eigenvalue weighted by atomic mass is 35.5. The van der Waals surface area contributed by atoms with Gasteiger partial charge in [0.1, 0.15) is 0 Å². The first kappa shape index (κ1) is 17.3. The van der Waals surface area contributed by atoms with Gasteiger partial charge in [-0.05, 0) is 37.5 Å². The lowest BCUT2D eigenvalue weighted by atomic mass is 9.85. The van der Waals surface area contributed by atoms with Crippen molar-refractivity contribution in [2.75, 3.05) is 10.6 Å². The molecule has 0 heterocycles. The molecule has 1 fully saturated rings. The van der Waals surface area contributed by atoms with Crippen LogP contribution in [-0.2, 0) is 4.79 Å². The minimum atomic E-state index is -0.633. The summed E-state index contributed by atoms with van der Waals surface area (Å²) in [7, 11) is 0. The van der Waals surface area contributed by atoms with Crippen molar-refractivity contribution in [2.24, 2.45) is 17.4 Å². The highest BCUT2D eigenvalue weighted by molar-refractivity contribution is 5.94. The van der Waals surface area contributed by atoms with Crippen LogP contribution >= 0.6 is 12.4 Å². The van der Waals surface area contributed by atoms with Crippen LogP contribution in [0.1, 0.15) is 25.7 Å². The van der Waals surface area contributed by atoms with E-state index >= 15 is 0 Å². The number of primary amides is 1. The number of hydrogen-bond acceptors (Lipinski definition) is 3. The Kier molecular flexibility index (Phi) is 6.45. The fraction of sp³-hybridized carbons (Fsp3) is 0.429. The molecule has 6 N–H and O–H groups in total. The van der Waals surface area contributed by atoms with E-state index in [1.165, 1.54) is 0 Å². The van der Waals surface area contributed by atoms with Crippen molar-refractivity contribution in [3.05, 3.63) is 24.3 Å². The van der Waals surface area contributed by atoms with E-state index in [-0.39, 0.29) is 30.3 Å². The van der Waals surface area contributed by atoms with Gasteiger partial charge in [0.05, 0.1) is 0 Å². The number of carbonyl (C=O) groups excluding carboxylic acids is 2. The number of nitrogens with one attached hydrogen (secondary N) is 2. The van der Waals surface area contributed by atoms with Crippen molar-refractivity contribution in [1.82, 2.24) is 0 Å². The van der Waals surface area contributed by atoms with Crippen LogP contribution in [0.5, 0.6) is 0 Å². The van der Waals surface area contributed by atoms with Crippen LogP contribution in [0.4, 0.5) is 16.2 Å². The Morgan fingerprint density at radius 3 is 2.43 bits per heavy atom. The second-order valence-electron chi connectivity index (χ2n) is 5.18. The lowest BCUT2D eigenvalue weighted by molar-refractivity contribution is -0.120. The van der Waals surface area contributed by atoms with E-state index in [1.807, 2.05) is 0 Å². The van der Waals surface area contributed by atoms with Crippen LogP contribution in [0.15, 0.2) is 24.3 Å². The second-order valence-corrected chi connectivity index (χ2v) is 5.18. The summed E-state index contributed by atoms with van der Waals surface area (Å²) < 4.78 is 0. The zero-order chi connectivity index (χ0) is 14.5. The molecule has 1 aromatic rings. The molecule has 0 saturated heterocycles. The van der Waals surface area contributed by atoms with Gasteiger partial charge in [-0.15, -0.1) is 12.4 Å². The third kappa shape index (κ3) is 5.24. The summed E-state index contributed by atoms with van der Waals surface area (Å²) in [4.78, 5) is 23.0. The molecule has 7 heteroatoms. The number of hydrogen-bond donors (Lipinski definition) is 4. The normalized spacial score (nSPS) is 21.0. The zero-order valence-electron chi connectivity index (χ0n) is 11.7. The molecule has 0 aromatic heterocycles. The molecule has 0 radical (unpaired) electrons. The molecule has 3 amide bonds. The van der Waals surface area contributed by atoms with Crippen molar-refractivity contribution >= 4 is 35.7 Å². The number of anilines is 2. The van der Waals surface area contributed by atoms with Gasteiger partial charge in [-0.25, -0.2) is 4.79 Å². The standard InChI is InChI=1S/C14H20N4O2.ClH/c15-10-4-1-3-9(7-10)13(19)17-11-5-2-6-12(8-11)18-14(16)20;/h2,5-6,8-10H,1,3-4,7,15H2,(H,17,19)(H3,16,18,20);1H. The van der Waals surface area contributed by atoms with Gasteiger partial charge in [-0.2, -0.15) is 0 Å². The SMILES string of the molecule is Cl.NC(=O)Nc1cccc(NC(=O)C2CCCC(N)C2)c1. The second kappa shape index (κ2) is 7.85. The van der Waals surface area contributed by atoms with Crippen LogP contribution in [0.3, 0.4) is 0 Å². The third-order valence-corrected chi connectivity index (χ3v) is 3.48. The molecule has 0 aliphatic heterocycles. The number of carbonyl (C=O) groups is 2. The monoisotopic (exact) mass is 312 g/mol. The number of nitrogens with two attached hydrogens (primary N) is 2. The van der Waals surface area contributed by atoms with E-state index < -0.39 is 6.03 Å². The van der Waals surface area contributed by atoms with Crippen molar-refractivity contribution in [2.45, 2.75) is 31.7 Å². The van der Waals surface area contributed by atoms with Gasteiger partial charge in [0.2, 0.25) is 5.91 Å². The van der Waals surface area contributed by atoms with Crippen molar-refractivity contribution < 1.29 is 9.59 Å². The predicted octanol–water partition coefficient (Wildman–Crippen LogP) is 2.05. The maximum atomic E-state index is 12.2. The van der Waals surface area contributed by atoms with Gasteiger partial charge in [-0.3, -0.25) is 4.79 Å². The highest BCUT2D eigenvalue weighted by Crippen LogP contribution is 2.25. The molecule has 1 aliphatic carbocycles. The molecule has 1 aromatic carbocycles. The number of halogens is 1. The van der Waals surface area contributed by atoms with E-state index in [9.17, 15) is 9.59 Å². The van der Waals surface area contributed by atoms with E-state index in [0.29, 0.717) is 11.4 Å². The first-order valence-electron chi connectivity index (χ1n) is 6.77. The zero-order valence-corrected chi connectivity index (χ0v) is 12.5. The van der Waals surface area contributed by atoms with Crippen LogP contribution in [0, 0.1) is 5.92 Å². The smallest absolute Gasteiger partial charge is 0.316 e. The van der Waals surface area contributed by atoms with Gasteiger partial charge >= 0.3 is 6.03 Å². The summed E-state index contributed by atoms with van der Waals surface area (Å²) in [6, 6.07) is 6.37. The van der Waals surface area contributed by atoms with Gasteiger partial charge in [0, 0.05) is 23.3 Å². The number of rotatable bonds is 3. The van der Waals surface area contributed by atoms with Crippen molar-refractivity contribution in [3.8, 4) is 0 Å². The molecule has 2 rings (SSSR count). The molecule has 1 saturated carbocycles. The Morgan fingerprint density at radius 1 is 1.14 bits per heavy atom. The Hall–Kier alpha value is -1.79. The summed E-state index contributed by atoms with van der Waals surface area (Å²) in [6.07, 6.45) is 3.58. The Labute approximate surface area is 130 Å². The van der Waals surface area contributed by atoms with E-state index in [4.69, 9.17) is 11.5 Å². The first-order valence-corrected chi connectivity index (χ1v) is 6.77. The minimum Gasteiger partial charge on any atom is -0.351 e. The molecule has 2 atom stereocenters. The lowest BCUT2D eigenvalue weighted by Crippen LogP contribution is -2.34. The van der Waals surface area contributed by atoms with Gasteiger partial charge in [0.25, 0.3) is 0 Å². The average molecular weight is 313 g/mol. The quantitative estimate of drug-likeness (QED) is 0.685. The van der Waals surface area contributed by atoms with E-state index in [0.717, 1.165) is 25.7 Å². The molecular weight excluding hydrogens is 292 g/mol.